The van der Waals surface area contributed by atoms with Gasteiger partial charge in [0.25, 0.3) is 7.82 Å². The lowest BCUT2D eigenvalue weighted by molar-refractivity contribution is -0.870. The lowest BCUT2D eigenvalue weighted by Crippen LogP contribution is -2.47. The van der Waals surface area contributed by atoms with Crippen LogP contribution in [0, 0.1) is 0 Å². The molecule has 0 spiro atoms. The number of rotatable bonds is 63. The number of likely N-dealkylation sites (N-methyl/N-ethyl adjacent to an activating group) is 1. The lowest BCUT2D eigenvalue weighted by atomic mass is 10.0. The predicted octanol–water partition coefficient (Wildman–Crippen LogP) is 21.2. The highest BCUT2D eigenvalue weighted by molar-refractivity contribution is 7.45. The number of ether oxygens (including phenoxy) is 1. The third-order valence-electron chi connectivity index (χ3n) is 15.5. The van der Waals surface area contributed by atoms with Crippen LogP contribution in [0.5, 0.6) is 0 Å². The minimum absolute atomic E-state index is 0.0249. The maximum atomic E-state index is 13.5. The number of carbonyl (C=O) groups is 2. The second kappa shape index (κ2) is 60.8. The highest BCUT2D eigenvalue weighted by atomic mass is 31.2. The van der Waals surface area contributed by atoms with Gasteiger partial charge in [0, 0.05) is 12.8 Å². The molecule has 0 saturated heterocycles. The number of allylic oxidation sites excluding steroid dienone is 9. The molecule has 1 amide bonds. The molecule has 9 nitrogen and oxygen atoms in total. The van der Waals surface area contributed by atoms with E-state index in [9.17, 15) is 19.0 Å². The fraction of sp³-hybridized carbons (Fsp3) is 0.831. The zero-order valence-electron chi connectivity index (χ0n) is 54.2. The first kappa shape index (κ1) is 78.7. The van der Waals surface area contributed by atoms with Gasteiger partial charge in [-0.05, 0) is 76.7 Å². The van der Waals surface area contributed by atoms with Gasteiger partial charge in [-0.3, -0.25) is 14.2 Å². The zero-order chi connectivity index (χ0) is 59.3. The van der Waals surface area contributed by atoms with Crippen molar-refractivity contribution in [3.05, 3.63) is 60.8 Å². The molecule has 0 aromatic heterocycles. The van der Waals surface area contributed by atoms with E-state index in [-0.39, 0.29) is 24.9 Å². The Morgan fingerprint density at radius 1 is 0.444 bits per heavy atom. The quantitative estimate of drug-likeness (QED) is 0.0161. The molecule has 474 valence electrons. The summed E-state index contributed by atoms with van der Waals surface area (Å²) in [4.78, 5) is 40.1. The Morgan fingerprint density at radius 2 is 0.802 bits per heavy atom. The van der Waals surface area contributed by atoms with Gasteiger partial charge in [0.1, 0.15) is 19.3 Å². The van der Waals surface area contributed by atoms with Crippen molar-refractivity contribution in [2.24, 2.45) is 0 Å². The largest absolute Gasteiger partial charge is 0.756 e. The standard InChI is InChI=1S/C71H133N2O7P/c1-7-10-13-16-19-22-25-28-30-31-32-33-34-35-36-37-38-39-40-41-43-46-49-52-55-58-61-64-71(75)80-69(62-59-56-53-50-47-44-27-24-21-18-15-12-9-3)68(67-79-81(76,77)78-66-65-73(4,5)6)72-70(74)63-60-57-54-51-48-45-42-29-26-23-20-17-14-11-8-2/h11,14,17,20,23,26,28,30,59,62,68-69H,7-10,12-13,15-16,18-19,21-22,24-25,27,29,31-58,60-61,63-67H2,1-6H3,(H-,72,74,76,77)/b14-11+,20-17+,26-23+,30-28+,62-59-. The van der Waals surface area contributed by atoms with Crippen LogP contribution in [0.4, 0.5) is 0 Å². The molecule has 0 heterocycles. The highest BCUT2D eigenvalue weighted by Crippen LogP contribution is 2.38. The zero-order valence-corrected chi connectivity index (χ0v) is 55.1. The van der Waals surface area contributed by atoms with Crippen molar-refractivity contribution in [1.29, 1.82) is 0 Å². The smallest absolute Gasteiger partial charge is 0.306 e. The molecule has 10 heteroatoms. The lowest BCUT2D eigenvalue weighted by Gasteiger charge is -2.30. The van der Waals surface area contributed by atoms with E-state index in [4.69, 9.17) is 13.8 Å². The first-order valence-electron chi connectivity index (χ1n) is 34.6. The fourth-order valence-electron chi connectivity index (χ4n) is 10.2. The minimum Gasteiger partial charge on any atom is -0.756 e. The Labute approximate surface area is 502 Å². The molecule has 0 saturated carbocycles. The van der Waals surface area contributed by atoms with Gasteiger partial charge in [-0.25, -0.2) is 0 Å². The Morgan fingerprint density at radius 3 is 1.21 bits per heavy atom. The fourth-order valence-corrected chi connectivity index (χ4v) is 10.9. The van der Waals surface area contributed by atoms with Gasteiger partial charge >= 0.3 is 5.97 Å². The van der Waals surface area contributed by atoms with E-state index in [2.05, 4.69) is 74.7 Å². The summed E-state index contributed by atoms with van der Waals surface area (Å²) in [5.74, 6) is -0.543. The number of nitrogens with zero attached hydrogens (tertiary/aromatic N) is 1. The van der Waals surface area contributed by atoms with Crippen molar-refractivity contribution in [1.82, 2.24) is 5.32 Å². The van der Waals surface area contributed by atoms with Crippen LogP contribution >= 0.6 is 7.82 Å². The van der Waals surface area contributed by atoms with E-state index in [1.165, 1.54) is 218 Å². The number of phosphoric acid groups is 1. The van der Waals surface area contributed by atoms with Crippen LogP contribution in [-0.4, -0.2) is 69.4 Å². The summed E-state index contributed by atoms with van der Waals surface area (Å²) >= 11 is 0. The molecular weight excluding hydrogens is 1020 g/mol. The van der Waals surface area contributed by atoms with Gasteiger partial charge in [-0.2, -0.15) is 0 Å². The van der Waals surface area contributed by atoms with Crippen LogP contribution < -0.4 is 10.2 Å². The Hall–Kier alpha value is -2.29. The van der Waals surface area contributed by atoms with Crippen molar-refractivity contribution in [2.75, 3.05) is 40.9 Å². The van der Waals surface area contributed by atoms with Crippen LogP contribution in [0.25, 0.3) is 0 Å². The number of hydrogen-bond donors (Lipinski definition) is 1. The van der Waals surface area contributed by atoms with Gasteiger partial charge in [-0.15, -0.1) is 0 Å². The van der Waals surface area contributed by atoms with Gasteiger partial charge in [0.15, 0.2) is 0 Å². The number of unbranched alkanes of at least 4 members (excludes halogenated alkanes) is 41. The normalized spacial score (nSPS) is 13.9. The summed E-state index contributed by atoms with van der Waals surface area (Å²) in [7, 11) is 1.18. The third kappa shape index (κ3) is 62.1. The molecule has 3 unspecified atom stereocenters. The van der Waals surface area contributed by atoms with Gasteiger partial charge in [0.2, 0.25) is 5.91 Å². The van der Waals surface area contributed by atoms with Crippen molar-refractivity contribution in [3.63, 3.8) is 0 Å². The molecule has 0 aromatic carbocycles. The number of nitrogens with one attached hydrogen (secondary N) is 1. The van der Waals surface area contributed by atoms with Gasteiger partial charge in [0.05, 0.1) is 33.8 Å². The summed E-state index contributed by atoms with van der Waals surface area (Å²) in [6, 6.07) is -0.895. The monoisotopic (exact) mass is 1160 g/mol. The summed E-state index contributed by atoms with van der Waals surface area (Å²) in [6.45, 7) is 6.74. The number of esters is 1. The molecular formula is C71H133N2O7P. The maximum absolute atomic E-state index is 13.5. The summed E-state index contributed by atoms with van der Waals surface area (Å²) in [5, 5.41) is 3.03. The van der Waals surface area contributed by atoms with Crippen molar-refractivity contribution < 1.29 is 37.3 Å². The van der Waals surface area contributed by atoms with E-state index in [0.717, 1.165) is 77.0 Å². The first-order valence-corrected chi connectivity index (χ1v) is 36.1. The number of phosphoric ester groups is 1. The third-order valence-corrected chi connectivity index (χ3v) is 16.5. The van der Waals surface area contributed by atoms with Crippen molar-refractivity contribution >= 4 is 19.7 Å². The van der Waals surface area contributed by atoms with E-state index in [0.29, 0.717) is 17.4 Å². The SMILES string of the molecule is CC/C=C/C=C/C=C/CCCCCCCCCC(=O)NC(COP(=O)([O-])OCC[N+](C)(C)C)C(/C=C\CCCCCCCCCCCCC)OC(=O)CCCCCCCCCCCCCCCCCCC/C=C/CCCCCCCC. The predicted molar refractivity (Wildman–Crippen MR) is 349 cm³/mol. The first-order chi connectivity index (χ1) is 39.4. The minimum atomic E-state index is -4.70. The van der Waals surface area contributed by atoms with Crippen LogP contribution in [0.15, 0.2) is 60.8 Å². The van der Waals surface area contributed by atoms with Gasteiger partial charge < -0.3 is 28.5 Å². The van der Waals surface area contributed by atoms with E-state index in [1.54, 1.807) is 0 Å². The van der Waals surface area contributed by atoms with Gasteiger partial charge in [-0.1, -0.05) is 300 Å². The molecule has 0 aliphatic carbocycles. The maximum Gasteiger partial charge on any atom is 0.306 e. The Bertz CT molecular complexity index is 1570. The molecule has 0 rings (SSSR count). The molecule has 0 bridgehead atoms. The second-order valence-electron chi connectivity index (χ2n) is 24.7. The second-order valence-corrected chi connectivity index (χ2v) is 26.1. The van der Waals surface area contributed by atoms with Crippen LogP contribution in [0.1, 0.15) is 329 Å². The molecule has 0 radical (unpaired) electrons. The summed E-state index contributed by atoms with van der Waals surface area (Å²) < 4.78 is 30.4. The molecule has 0 aliphatic rings. The Balaban J connectivity index is 5.02. The van der Waals surface area contributed by atoms with Crippen LogP contribution in [0.2, 0.25) is 0 Å². The van der Waals surface area contributed by atoms with Crippen molar-refractivity contribution in [3.8, 4) is 0 Å². The molecule has 0 aromatic rings. The summed E-state index contributed by atoms with van der Waals surface area (Å²) in [5.41, 5.74) is 0. The van der Waals surface area contributed by atoms with E-state index in [1.807, 2.05) is 33.3 Å². The van der Waals surface area contributed by atoms with Crippen LogP contribution in [-0.2, 0) is 27.9 Å². The van der Waals surface area contributed by atoms with Crippen LogP contribution in [0.3, 0.4) is 0 Å². The average molecular weight is 1160 g/mol. The Kier molecular flexibility index (Phi) is 59.1. The molecule has 1 N–H and O–H groups in total. The average Bonchev–Trinajstić information content (AvgIpc) is 3.44. The molecule has 0 fully saturated rings. The molecule has 3 atom stereocenters. The number of hydrogen-bond acceptors (Lipinski definition) is 7. The molecule has 81 heavy (non-hydrogen) atoms. The number of carbonyl (C=O) groups excluding carboxylic acids is 2. The van der Waals surface area contributed by atoms with Crippen molar-refractivity contribution in [2.45, 2.75) is 341 Å². The topological polar surface area (TPSA) is 114 Å². The summed E-state index contributed by atoms with van der Waals surface area (Å²) in [6.07, 6.45) is 77.8. The number of quaternary nitrogens is 1. The van der Waals surface area contributed by atoms with E-state index >= 15 is 0 Å². The number of amides is 1. The highest BCUT2D eigenvalue weighted by Gasteiger charge is 2.27. The molecule has 0 aliphatic heterocycles. The van der Waals surface area contributed by atoms with E-state index < -0.39 is 26.6 Å².